The van der Waals surface area contributed by atoms with E-state index in [0.29, 0.717) is 30.7 Å². The third-order valence-electron chi connectivity index (χ3n) is 5.14. The topological polar surface area (TPSA) is 75.6 Å². The first-order valence-corrected chi connectivity index (χ1v) is 10.0. The summed E-state index contributed by atoms with van der Waals surface area (Å²) in [5.74, 6) is -0.156. The van der Waals surface area contributed by atoms with Gasteiger partial charge in [0.25, 0.3) is 0 Å². The summed E-state index contributed by atoms with van der Waals surface area (Å²) < 4.78 is 5.89. The molecule has 0 radical (unpaired) electrons. The smallest absolute Gasteiger partial charge is 0.335 e. The number of carbonyl (C=O) groups excluding carboxylic acids is 1. The molecular weight excluding hydrogens is 366 g/mol. The van der Waals surface area contributed by atoms with Gasteiger partial charge in [-0.1, -0.05) is 32.9 Å². The van der Waals surface area contributed by atoms with Crippen molar-refractivity contribution < 1.29 is 19.4 Å². The first kappa shape index (κ1) is 22.5. The van der Waals surface area contributed by atoms with E-state index in [2.05, 4.69) is 11.4 Å². The molecule has 0 unspecified atom stereocenters. The van der Waals surface area contributed by atoms with Gasteiger partial charge in [-0.2, -0.15) is 0 Å². The van der Waals surface area contributed by atoms with Gasteiger partial charge in [-0.25, -0.2) is 4.79 Å². The largest absolute Gasteiger partial charge is 0.493 e. The van der Waals surface area contributed by atoms with E-state index in [4.69, 9.17) is 4.74 Å². The zero-order valence-corrected chi connectivity index (χ0v) is 18.0. The lowest BCUT2D eigenvalue weighted by Gasteiger charge is -2.24. The highest BCUT2D eigenvalue weighted by molar-refractivity contribution is 5.96. The Bertz CT molecular complexity index is 886. The van der Waals surface area contributed by atoms with Crippen molar-refractivity contribution in [1.82, 2.24) is 0 Å². The highest BCUT2D eigenvalue weighted by atomic mass is 16.5. The third kappa shape index (κ3) is 6.08. The lowest BCUT2D eigenvalue weighted by atomic mass is 9.86. The minimum absolute atomic E-state index is 0.0886. The number of carboxylic acid groups (broad SMARTS) is 1. The maximum absolute atomic E-state index is 12.7. The summed E-state index contributed by atoms with van der Waals surface area (Å²) in [6, 6.07) is 11.0. The van der Waals surface area contributed by atoms with Crippen LogP contribution in [0.2, 0.25) is 0 Å². The molecule has 0 heterocycles. The van der Waals surface area contributed by atoms with Gasteiger partial charge in [0.1, 0.15) is 5.75 Å². The van der Waals surface area contributed by atoms with Crippen LogP contribution in [-0.2, 0) is 11.2 Å². The number of hydrogen-bond donors (Lipinski definition) is 2. The van der Waals surface area contributed by atoms with Crippen LogP contribution < -0.4 is 10.1 Å². The number of carbonyl (C=O) groups is 2. The zero-order chi connectivity index (χ0) is 21.6. The van der Waals surface area contributed by atoms with Gasteiger partial charge < -0.3 is 15.2 Å². The molecule has 29 heavy (non-hydrogen) atoms. The van der Waals surface area contributed by atoms with Crippen molar-refractivity contribution in [3.8, 4) is 5.75 Å². The fourth-order valence-electron chi connectivity index (χ4n) is 3.15. The summed E-state index contributed by atoms with van der Waals surface area (Å²) in [5, 5.41) is 12.2. The molecule has 0 saturated carbocycles. The SMILES string of the molecule is CCc1cc(NC(=O)C(C)(C)CCCOc2cc(C)ccc2C)ccc1C(=O)O. The van der Waals surface area contributed by atoms with Gasteiger partial charge >= 0.3 is 5.97 Å². The molecule has 0 bridgehead atoms. The number of rotatable bonds is 9. The van der Waals surface area contributed by atoms with E-state index < -0.39 is 11.4 Å². The first-order valence-electron chi connectivity index (χ1n) is 10.0. The number of aryl methyl sites for hydroxylation is 3. The van der Waals surface area contributed by atoms with Crippen LogP contribution in [0.3, 0.4) is 0 Å². The molecule has 2 aromatic carbocycles. The second kappa shape index (κ2) is 9.59. The van der Waals surface area contributed by atoms with E-state index in [-0.39, 0.29) is 11.5 Å². The summed E-state index contributed by atoms with van der Waals surface area (Å²) >= 11 is 0. The van der Waals surface area contributed by atoms with Crippen molar-refractivity contribution in [2.75, 3.05) is 11.9 Å². The minimum Gasteiger partial charge on any atom is -0.493 e. The monoisotopic (exact) mass is 397 g/mol. The van der Waals surface area contributed by atoms with E-state index in [1.54, 1.807) is 18.2 Å². The quantitative estimate of drug-likeness (QED) is 0.556. The van der Waals surface area contributed by atoms with Gasteiger partial charge in [0.2, 0.25) is 5.91 Å². The van der Waals surface area contributed by atoms with Crippen LogP contribution in [0.4, 0.5) is 5.69 Å². The van der Waals surface area contributed by atoms with Crippen LogP contribution >= 0.6 is 0 Å². The Morgan fingerprint density at radius 2 is 1.83 bits per heavy atom. The molecule has 0 spiro atoms. The molecule has 5 nitrogen and oxygen atoms in total. The number of carboxylic acids is 1. The molecule has 0 atom stereocenters. The third-order valence-corrected chi connectivity index (χ3v) is 5.14. The fraction of sp³-hybridized carbons (Fsp3) is 0.417. The number of nitrogens with one attached hydrogen (secondary N) is 1. The normalized spacial score (nSPS) is 11.2. The van der Waals surface area contributed by atoms with Crippen LogP contribution in [0.5, 0.6) is 5.75 Å². The Hall–Kier alpha value is -2.82. The van der Waals surface area contributed by atoms with Crippen LogP contribution in [-0.4, -0.2) is 23.6 Å². The number of hydrogen-bond acceptors (Lipinski definition) is 3. The highest BCUT2D eigenvalue weighted by Gasteiger charge is 2.27. The van der Waals surface area contributed by atoms with Gasteiger partial charge in [0.05, 0.1) is 12.2 Å². The molecule has 2 rings (SSSR count). The minimum atomic E-state index is -0.955. The highest BCUT2D eigenvalue weighted by Crippen LogP contribution is 2.26. The van der Waals surface area contributed by atoms with Gasteiger partial charge in [-0.05, 0) is 74.1 Å². The summed E-state index contributed by atoms with van der Waals surface area (Å²) in [6.45, 7) is 10.3. The van der Waals surface area contributed by atoms with Crippen molar-refractivity contribution >= 4 is 17.6 Å². The molecule has 0 aliphatic heterocycles. The molecule has 1 amide bonds. The molecular formula is C24H31NO4. The Labute approximate surface area is 173 Å². The van der Waals surface area contributed by atoms with Gasteiger partial charge in [-0.3, -0.25) is 4.79 Å². The number of amides is 1. The maximum atomic E-state index is 12.7. The first-order chi connectivity index (χ1) is 13.6. The average Bonchev–Trinajstić information content (AvgIpc) is 2.67. The molecule has 2 N–H and O–H groups in total. The number of aromatic carboxylic acids is 1. The van der Waals surface area contributed by atoms with Crippen molar-refractivity contribution in [2.24, 2.45) is 5.41 Å². The van der Waals surface area contributed by atoms with Crippen molar-refractivity contribution in [3.05, 3.63) is 58.7 Å². The van der Waals surface area contributed by atoms with Crippen molar-refractivity contribution in [1.29, 1.82) is 0 Å². The summed E-state index contributed by atoms with van der Waals surface area (Å²) in [7, 11) is 0. The maximum Gasteiger partial charge on any atom is 0.335 e. The average molecular weight is 398 g/mol. The van der Waals surface area contributed by atoms with Crippen LogP contribution in [0.15, 0.2) is 36.4 Å². The molecule has 2 aromatic rings. The van der Waals surface area contributed by atoms with Crippen molar-refractivity contribution in [2.45, 2.75) is 53.9 Å². The second-order valence-electron chi connectivity index (χ2n) is 8.09. The van der Waals surface area contributed by atoms with Gasteiger partial charge in [0.15, 0.2) is 0 Å². The van der Waals surface area contributed by atoms with Crippen LogP contribution in [0.1, 0.15) is 60.7 Å². The lowest BCUT2D eigenvalue weighted by molar-refractivity contribution is -0.124. The summed E-state index contributed by atoms with van der Waals surface area (Å²) in [4.78, 5) is 24.0. The van der Waals surface area contributed by atoms with E-state index in [1.165, 1.54) is 0 Å². The Morgan fingerprint density at radius 3 is 2.48 bits per heavy atom. The van der Waals surface area contributed by atoms with E-state index in [1.807, 2.05) is 46.8 Å². The Kier molecular flexibility index (Phi) is 7.43. The zero-order valence-electron chi connectivity index (χ0n) is 18.0. The molecule has 156 valence electrons. The second-order valence-corrected chi connectivity index (χ2v) is 8.09. The molecule has 0 fully saturated rings. The van der Waals surface area contributed by atoms with E-state index in [9.17, 15) is 14.7 Å². The number of benzene rings is 2. The van der Waals surface area contributed by atoms with Crippen LogP contribution in [0, 0.1) is 19.3 Å². The number of ether oxygens (including phenoxy) is 1. The molecule has 0 aliphatic rings. The molecule has 0 saturated heterocycles. The van der Waals surface area contributed by atoms with Gasteiger partial charge in [0, 0.05) is 11.1 Å². The van der Waals surface area contributed by atoms with Gasteiger partial charge in [-0.15, -0.1) is 0 Å². The molecule has 0 aromatic heterocycles. The summed E-state index contributed by atoms with van der Waals surface area (Å²) in [5.41, 5.74) is 3.29. The Balaban J connectivity index is 1.92. The fourth-order valence-corrected chi connectivity index (χ4v) is 3.15. The van der Waals surface area contributed by atoms with Crippen molar-refractivity contribution in [3.63, 3.8) is 0 Å². The standard InChI is InChI=1S/C24H31NO4/c1-6-18-15-19(10-11-20(18)22(26)27)25-23(28)24(4,5)12-7-13-29-21-14-16(2)8-9-17(21)3/h8-11,14-15H,6-7,12-13H2,1-5H3,(H,25,28)(H,26,27). The Morgan fingerprint density at radius 1 is 1.10 bits per heavy atom. The molecule has 0 aliphatic carbocycles. The lowest BCUT2D eigenvalue weighted by Crippen LogP contribution is -2.31. The van der Waals surface area contributed by atoms with E-state index in [0.717, 1.165) is 23.3 Å². The predicted octanol–water partition coefficient (Wildman–Crippen LogP) is 5.39. The predicted molar refractivity (Wildman–Crippen MR) is 116 cm³/mol. The summed E-state index contributed by atoms with van der Waals surface area (Å²) in [6.07, 6.45) is 2.02. The van der Waals surface area contributed by atoms with Crippen LogP contribution in [0.25, 0.3) is 0 Å². The molecule has 5 heteroatoms. The number of anilines is 1. The van der Waals surface area contributed by atoms with E-state index >= 15 is 0 Å².